The number of aromatic nitrogens is 2. The monoisotopic (exact) mass is 452 g/mol. The SMILES string of the molecule is CC(C)(c1ccccc1)c1ccc(OCC(O)CSc2nnc(-c3cccs3)o2)cc1. The molecule has 0 amide bonds. The number of ether oxygens (including phenoxy) is 1. The van der Waals surface area contributed by atoms with Crippen LogP contribution in [0.2, 0.25) is 0 Å². The summed E-state index contributed by atoms with van der Waals surface area (Å²) in [6, 6.07) is 22.4. The van der Waals surface area contributed by atoms with E-state index in [1.54, 1.807) is 11.3 Å². The minimum absolute atomic E-state index is 0.0953. The summed E-state index contributed by atoms with van der Waals surface area (Å²) < 4.78 is 11.4. The molecule has 4 aromatic rings. The zero-order chi connectivity index (χ0) is 21.7. The Bertz CT molecular complexity index is 1080. The van der Waals surface area contributed by atoms with Crippen LogP contribution < -0.4 is 4.74 Å². The summed E-state index contributed by atoms with van der Waals surface area (Å²) in [4.78, 5) is 0.933. The molecule has 0 saturated carbocycles. The molecule has 31 heavy (non-hydrogen) atoms. The Labute approximate surface area is 190 Å². The summed E-state index contributed by atoms with van der Waals surface area (Å²) in [6.07, 6.45) is -0.650. The van der Waals surface area contributed by atoms with Gasteiger partial charge in [-0.2, -0.15) is 0 Å². The highest BCUT2D eigenvalue weighted by Gasteiger charge is 2.22. The zero-order valence-electron chi connectivity index (χ0n) is 17.4. The van der Waals surface area contributed by atoms with E-state index < -0.39 is 6.10 Å². The summed E-state index contributed by atoms with van der Waals surface area (Å²) >= 11 is 2.87. The van der Waals surface area contributed by atoms with Crippen molar-refractivity contribution in [2.24, 2.45) is 0 Å². The number of hydrogen-bond donors (Lipinski definition) is 1. The standard InChI is InChI=1S/C24H24N2O3S2/c1-24(2,17-7-4-3-5-8-17)18-10-12-20(13-11-18)28-15-19(27)16-31-23-26-25-22(29-23)21-9-6-14-30-21/h3-14,19,27H,15-16H2,1-2H3. The normalized spacial score (nSPS) is 12.6. The van der Waals surface area contributed by atoms with Crippen molar-refractivity contribution in [3.8, 4) is 16.5 Å². The van der Waals surface area contributed by atoms with E-state index >= 15 is 0 Å². The quantitative estimate of drug-likeness (QED) is 0.331. The van der Waals surface area contributed by atoms with Crippen molar-refractivity contribution in [3.05, 3.63) is 83.2 Å². The van der Waals surface area contributed by atoms with Crippen LogP contribution in [-0.4, -0.2) is 33.8 Å². The van der Waals surface area contributed by atoms with Gasteiger partial charge >= 0.3 is 0 Å². The molecule has 0 bridgehead atoms. The molecule has 5 nitrogen and oxygen atoms in total. The highest BCUT2D eigenvalue weighted by Crippen LogP contribution is 2.32. The van der Waals surface area contributed by atoms with Gasteiger partial charge in [0.25, 0.3) is 11.1 Å². The van der Waals surface area contributed by atoms with Crippen LogP contribution in [0.3, 0.4) is 0 Å². The van der Waals surface area contributed by atoms with E-state index in [9.17, 15) is 5.11 Å². The first kappa shape index (κ1) is 21.6. The van der Waals surface area contributed by atoms with Crippen LogP contribution >= 0.6 is 23.1 Å². The van der Waals surface area contributed by atoms with Crippen molar-refractivity contribution in [2.45, 2.75) is 30.6 Å². The van der Waals surface area contributed by atoms with Crippen LogP contribution in [0.25, 0.3) is 10.8 Å². The molecule has 2 aromatic carbocycles. The molecule has 0 aliphatic carbocycles. The molecule has 2 aromatic heterocycles. The number of nitrogens with zero attached hydrogens (tertiary/aromatic N) is 2. The van der Waals surface area contributed by atoms with Crippen molar-refractivity contribution < 1.29 is 14.3 Å². The molecule has 0 spiro atoms. The highest BCUT2D eigenvalue weighted by molar-refractivity contribution is 7.99. The van der Waals surface area contributed by atoms with Crippen molar-refractivity contribution in [1.29, 1.82) is 0 Å². The Hall–Kier alpha value is -2.61. The lowest BCUT2D eigenvalue weighted by Crippen LogP contribution is -2.20. The average molecular weight is 453 g/mol. The first-order chi connectivity index (χ1) is 15.0. The van der Waals surface area contributed by atoms with Gasteiger partial charge in [0.15, 0.2) is 0 Å². The van der Waals surface area contributed by atoms with E-state index in [0.717, 1.165) is 10.6 Å². The Morgan fingerprint density at radius 3 is 2.45 bits per heavy atom. The van der Waals surface area contributed by atoms with Crippen LogP contribution in [0.5, 0.6) is 5.75 Å². The number of hydrogen-bond acceptors (Lipinski definition) is 7. The van der Waals surface area contributed by atoms with Crippen LogP contribution in [0, 0.1) is 0 Å². The molecule has 1 atom stereocenters. The van der Waals surface area contributed by atoms with Gasteiger partial charge < -0.3 is 14.3 Å². The molecule has 0 saturated heterocycles. The largest absolute Gasteiger partial charge is 0.491 e. The molecular formula is C24H24N2O3S2. The molecule has 4 rings (SSSR count). The van der Waals surface area contributed by atoms with Crippen molar-refractivity contribution in [1.82, 2.24) is 10.2 Å². The van der Waals surface area contributed by atoms with Gasteiger partial charge in [0.1, 0.15) is 12.4 Å². The summed E-state index contributed by atoms with van der Waals surface area (Å²) in [6.45, 7) is 4.61. The van der Waals surface area contributed by atoms with Gasteiger partial charge in [-0.25, -0.2) is 0 Å². The topological polar surface area (TPSA) is 68.4 Å². The molecule has 7 heteroatoms. The lowest BCUT2D eigenvalue weighted by Gasteiger charge is -2.26. The van der Waals surface area contributed by atoms with Gasteiger partial charge in [-0.1, -0.05) is 74.1 Å². The van der Waals surface area contributed by atoms with Gasteiger partial charge in [0.05, 0.1) is 11.0 Å². The molecule has 1 N–H and O–H groups in total. The second-order valence-electron chi connectivity index (χ2n) is 7.64. The maximum atomic E-state index is 10.3. The number of thioether (sulfide) groups is 1. The molecular weight excluding hydrogens is 428 g/mol. The Morgan fingerprint density at radius 1 is 1.00 bits per heavy atom. The maximum Gasteiger partial charge on any atom is 0.276 e. The van der Waals surface area contributed by atoms with E-state index in [4.69, 9.17) is 9.15 Å². The third kappa shape index (κ3) is 5.36. The lowest BCUT2D eigenvalue weighted by molar-refractivity contribution is 0.126. The zero-order valence-corrected chi connectivity index (χ0v) is 19.0. The van der Waals surface area contributed by atoms with E-state index in [2.05, 4.69) is 60.4 Å². The van der Waals surface area contributed by atoms with Crippen molar-refractivity contribution in [2.75, 3.05) is 12.4 Å². The second kappa shape index (κ2) is 9.68. The Balaban J connectivity index is 1.27. The van der Waals surface area contributed by atoms with Gasteiger partial charge in [0.2, 0.25) is 0 Å². The lowest BCUT2D eigenvalue weighted by atomic mass is 9.78. The smallest absolute Gasteiger partial charge is 0.276 e. The fourth-order valence-corrected chi connectivity index (χ4v) is 4.48. The highest BCUT2D eigenvalue weighted by atomic mass is 32.2. The predicted octanol–water partition coefficient (Wildman–Crippen LogP) is 5.66. The van der Waals surface area contributed by atoms with Crippen molar-refractivity contribution in [3.63, 3.8) is 0 Å². The number of aliphatic hydroxyl groups excluding tert-OH is 1. The van der Waals surface area contributed by atoms with Crippen molar-refractivity contribution >= 4 is 23.1 Å². The first-order valence-corrected chi connectivity index (χ1v) is 11.9. The average Bonchev–Trinajstić information content (AvgIpc) is 3.49. The molecule has 0 aliphatic heterocycles. The second-order valence-corrected chi connectivity index (χ2v) is 9.56. The summed E-state index contributed by atoms with van der Waals surface area (Å²) in [7, 11) is 0. The van der Waals surface area contributed by atoms with E-state index in [1.807, 2.05) is 35.7 Å². The van der Waals surface area contributed by atoms with Crippen LogP contribution in [0.4, 0.5) is 0 Å². The van der Waals surface area contributed by atoms with Gasteiger partial charge in [0, 0.05) is 11.2 Å². The van der Waals surface area contributed by atoms with Gasteiger partial charge in [-0.05, 0) is 34.7 Å². The van der Waals surface area contributed by atoms with E-state index in [-0.39, 0.29) is 12.0 Å². The fraction of sp³-hybridized carbons (Fsp3) is 0.250. The number of benzene rings is 2. The summed E-state index contributed by atoms with van der Waals surface area (Å²) in [5, 5.41) is 20.7. The predicted molar refractivity (Wildman–Crippen MR) is 125 cm³/mol. The minimum Gasteiger partial charge on any atom is -0.491 e. The third-order valence-corrected chi connectivity index (χ3v) is 6.87. The van der Waals surface area contributed by atoms with Crippen LogP contribution in [0.15, 0.2) is 81.8 Å². The van der Waals surface area contributed by atoms with Gasteiger partial charge in [-0.3, -0.25) is 0 Å². The molecule has 160 valence electrons. The fourth-order valence-electron chi connectivity index (χ4n) is 3.17. The van der Waals surface area contributed by atoms with Crippen LogP contribution in [0.1, 0.15) is 25.0 Å². The van der Waals surface area contributed by atoms with E-state index in [0.29, 0.717) is 16.9 Å². The minimum atomic E-state index is -0.650. The van der Waals surface area contributed by atoms with Gasteiger partial charge in [-0.15, -0.1) is 21.5 Å². The molecule has 0 aliphatic rings. The number of aliphatic hydroxyl groups is 1. The summed E-state index contributed by atoms with van der Waals surface area (Å²) in [5.74, 6) is 1.64. The first-order valence-electron chi connectivity index (χ1n) is 9.99. The molecule has 0 radical (unpaired) electrons. The Morgan fingerprint density at radius 2 is 1.74 bits per heavy atom. The maximum absolute atomic E-state index is 10.3. The molecule has 0 fully saturated rings. The molecule has 2 heterocycles. The molecule has 1 unspecified atom stereocenters. The third-order valence-electron chi connectivity index (χ3n) is 5.05. The van der Waals surface area contributed by atoms with Crippen LogP contribution in [-0.2, 0) is 5.41 Å². The van der Waals surface area contributed by atoms with E-state index in [1.165, 1.54) is 22.9 Å². The number of rotatable bonds is 9. The summed E-state index contributed by atoms with van der Waals surface area (Å²) in [5.41, 5.74) is 2.38. The number of thiophene rings is 1. The Kier molecular flexibility index (Phi) is 6.75.